The molecule has 12 heavy (non-hydrogen) atoms. The minimum absolute atomic E-state index is 0.339. The third kappa shape index (κ3) is 0.903. The molecule has 0 atom stereocenters. The summed E-state index contributed by atoms with van der Waals surface area (Å²) in [4.78, 5) is 30.5. The second-order valence-corrected chi connectivity index (χ2v) is 2.76. The summed E-state index contributed by atoms with van der Waals surface area (Å²) in [5.41, 5.74) is 0.552. The molecule has 0 amide bonds. The van der Waals surface area contributed by atoms with Gasteiger partial charge >= 0.3 is 5.69 Å². The Balaban J connectivity index is 2.78. The Morgan fingerprint density at radius 2 is 2.08 bits per heavy atom. The zero-order valence-corrected chi connectivity index (χ0v) is 6.47. The molecule has 0 bridgehead atoms. The summed E-state index contributed by atoms with van der Waals surface area (Å²) in [5, 5.41) is 0. The van der Waals surface area contributed by atoms with Gasteiger partial charge in [0.15, 0.2) is 0 Å². The smallest absolute Gasteiger partial charge is 0.292 e. The van der Waals surface area contributed by atoms with Crippen molar-refractivity contribution in [3.63, 3.8) is 0 Å². The molecule has 0 aromatic carbocycles. The van der Waals surface area contributed by atoms with Crippen LogP contribution >= 0.6 is 0 Å². The number of rotatable bonds is 0. The van der Waals surface area contributed by atoms with Crippen molar-refractivity contribution >= 4 is 11.5 Å². The molecule has 1 aromatic heterocycles. The quantitative estimate of drug-likeness (QED) is 0.554. The number of nitrogens with one attached hydrogen (secondary N) is 2. The van der Waals surface area contributed by atoms with Gasteiger partial charge in [0.25, 0.3) is 5.56 Å². The van der Waals surface area contributed by atoms with Crippen LogP contribution in [0.5, 0.6) is 0 Å². The zero-order valence-electron chi connectivity index (χ0n) is 6.47. The largest absolute Gasteiger partial charge is 0.327 e. The summed E-state index contributed by atoms with van der Waals surface area (Å²) < 4.78 is 0. The molecule has 0 saturated carbocycles. The maximum Gasteiger partial charge on any atom is 0.327 e. The fourth-order valence-corrected chi connectivity index (χ4v) is 1.25. The summed E-state index contributed by atoms with van der Waals surface area (Å²) in [5.74, 6) is 0.404. The lowest BCUT2D eigenvalue weighted by Gasteiger charge is -1.91. The normalized spacial score (nSPS) is 14.2. The molecule has 2 rings (SSSR count). The van der Waals surface area contributed by atoms with Gasteiger partial charge in [-0.05, 0) is 6.92 Å². The van der Waals surface area contributed by atoms with Gasteiger partial charge in [0.1, 0.15) is 5.82 Å². The van der Waals surface area contributed by atoms with Crippen molar-refractivity contribution in [1.82, 2.24) is 9.97 Å². The molecule has 0 spiro atoms. The topological polar surface area (TPSA) is 78.1 Å². The lowest BCUT2D eigenvalue weighted by atomic mass is 10.2. The fraction of sp³-hybridized carbons (Fsp3) is 0.286. The van der Waals surface area contributed by atoms with E-state index in [-0.39, 0.29) is 5.56 Å². The Kier molecular flexibility index (Phi) is 1.27. The Hall–Kier alpha value is -1.65. The molecule has 1 aliphatic rings. The number of aliphatic imine (C=N–C) groups is 1. The molecule has 0 aliphatic carbocycles. The van der Waals surface area contributed by atoms with Crippen LogP contribution in [0.15, 0.2) is 14.6 Å². The zero-order chi connectivity index (χ0) is 8.72. The Morgan fingerprint density at radius 1 is 1.33 bits per heavy atom. The summed E-state index contributed by atoms with van der Waals surface area (Å²) >= 11 is 0. The summed E-state index contributed by atoms with van der Waals surface area (Å²) in [6.07, 6.45) is 0.529. The van der Waals surface area contributed by atoms with E-state index in [2.05, 4.69) is 15.0 Å². The highest BCUT2D eigenvalue weighted by atomic mass is 16.2. The molecule has 0 fully saturated rings. The van der Waals surface area contributed by atoms with Crippen LogP contribution in [-0.4, -0.2) is 15.7 Å². The third-order valence-corrected chi connectivity index (χ3v) is 1.75. The van der Waals surface area contributed by atoms with Gasteiger partial charge in [0, 0.05) is 12.1 Å². The number of fused-ring (bicyclic) bond motifs is 1. The second-order valence-electron chi connectivity index (χ2n) is 2.76. The second kappa shape index (κ2) is 2.17. The van der Waals surface area contributed by atoms with E-state index in [1.54, 1.807) is 0 Å². The van der Waals surface area contributed by atoms with Gasteiger partial charge in [0.05, 0.1) is 5.56 Å². The molecule has 2 heterocycles. The van der Waals surface area contributed by atoms with E-state index in [1.165, 1.54) is 0 Å². The van der Waals surface area contributed by atoms with Crippen LogP contribution in [-0.2, 0) is 6.42 Å². The van der Waals surface area contributed by atoms with Crippen molar-refractivity contribution in [3.8, 4) is 0 Å². The molecule has 0 radical (unpaired) electrons. The third-order valence-electron chi connectivity index (χ3n) is 1.75. The number of aromatic nitrogens is 2. The lowest BCUT2D eigenvalue weighted by Crippen LogP contribution is -2.24. The van der Waals surface area contributed by atoms with Crippen LogP contribution in [0, 0.1) is 0 Å². The molecule has 62 valence electrons. The Morgan fingerprint density at radius 3 is 2.83 bits per heavy atom. The highest BCUT2D eigenvalue weighted by molar-refractivity contribution is 5.90. The lowest BCUT2D eigenvalue weighted by molar-refractivity contribution is 1.01. The van der Waals surface area contributed by atoms with Crippen LogP contribution in [0.4, 0.5) is 5.82 Å². The maximum atomic E-state index is 11.1. The van der Waals surface area contributed by atoms with Crippen LogP contribution in [0.25, 0.3) is 0 Å². The van der Waals surface area contributed by atoms with E-state index in [4.69, 9.17) is 0 Å². The van der Waals surface area contributed by atoms with Gasteiger partial charge in [0.2, 0.25) is 0 Å². The number of aromatic amines is 2. The molecule has 2 N–H and O–H groups in total. The highest BCUT2D eigenvalue weighted by Gasteiger charge is 2.15. The molecule has 0 saturated heterocycles. The van der Waals surface area contributed by atoms with E-state index in [9.17, 15) is 9.59 Å². The monoisotopic (exact) mass is 165 g/mol. The molecule has 1 aromatic rings. The summed E-state index contributed by atoms with van der Waals surface area (Å²) in [7, 11) is 0. The van der Waals surface area contributed by atoms with Crippen LogP contribution in [0.1, 0.15) is 12.5 Å². The molecule has 5 nitrogen and oxygen atoms in total. The molecule has 0 unspecified atom stereocenters. The van der Waals surface area contributed by atoms with Gasteiger partial charge in [-0.1, -0.05) is 0 Å². The highest BCUT2D eigenvalue weighted by Crippen LogP contribution is 2.17. The minimum Gasteiger partial charge on any atom is -0.292 e. The first-order valence-electron chi connectivity index (χ1n) is 3.56. The Labute approximate surface area is 67.2 Å². The number of H-pyrrole nitrogens is 2. The predicted molar refractivity (Wildman–Crippen MR) is 44.2 cm³/mol. The van der Waals surface area contributed by atoms with Crippen LogP contribution in [0.3, 0.4) is 0 Å². The first kappa shape index (κ1) is 7.02. The average Bonchev–Trinajstić information content (AvgIpc) is 2.29. The number of nitrogens with zero attached hydrogens (tertiary/aromatic N) is 1. The number of hydrogen-bond acceptors (Lipinski definition) is 3. The van der Waals surface area contributed by atoms with Crippen molar-refractivity contribution in [2.45, 2.75) is 13.3 Å². The first-order chi connectivity index (χ1) is 5.66. The summed E-state index contributed by atoms with van der Waals surface area (Å²) in [6.45, 7) is 1.82. The van der Waals surface area contributed by atoms with Gasteiger partial charge < -0.3 is 0 Å². The van der Waals surface area contributed by atoms with E-state index in [1.807, 2.05) is 6.92 Å². The van der Waals surface area contributed by atoms with Crippen molar-refractivity contribution in [1.29, 1.82) is 0 Å². The molecule has 1 aliphatic heterocycles. The van der Waals surface area contributed by atoms with Gasteiger partial charge in [-0.25, -0.2) is 9.79 Å². The molecular weight excluding hydrogens is 158 g/mol. The van der Waals surface area contributed by atoms with Crippen molar-refractivity contribution < 1.29 is 0 Å². The van der Waals surface area contributed by atoms with Gasteiger partial charge in [-0.3, -0.25) is 14.8 Å². The molecule has 5 heteroatoms. The first-order valence-corrected chi connectivity index (χ1v) is 3.56. The van der Waals surface area contributed by atoms with E-state index in [0.29, 0.717) is 17.8 Å². The van der Waals surface area contributed by atoms with Crippen molar-refractivity contribution in [2.75, 3.05) is 0 Å². The van der Waals surface area contributed by atoms with Gasteiger partial charge in [-0.2, -0.15) is 0 Å². The predicted octanol–water partition coefficient (Wildman–Crippen LogP) is -0.288. The van der Waals surface area contributed by atoms with E-state index in [0.717, 1.165) is 5.71 Å². The van der Waals surface area contributed by atoms with E-state index >= 15 is 0 Å². The van der Waals surface area contributed by atoms with Crippen molar-refractivity contribution in [3.05, 3.63) is 26.4 Å². The minimum atomic E-state index is -0.503. The SMILES string of the molecule is CC1=Nc2[nH]c(=O)[nH]c(=O)c2C1. The van der Waals surface area contributed by atoms with Crippen LogP contribution in [0.2, 0.25) is 0 Å². The standard InChI is InChI=1S/C7H7N3O2/c1-3-2-4-5(8-3)9-7(12)10-6(4)11/h2H2,1H3,(H2,9,10,11,12). The average molecular weight is 165 g/mol. The fourth-order valence-electron chi connectivity index (χ4n) is 1.25. The van der Waals surface area contributed by atoms with Gasteiger partial charge in [-0.15, -0.1) is 0 Å². The van der Waals surface area contributed by atoms with Crippen LogP contribution < -0.4 is 11.2 Å². The number of hydrogen-bond donors (Lipinski definition) is 2. The summed E-state index contributed by atoms with van der Waals surface area (Å²) in [6, 6.07) is 0. The van der Waals surface area contributed by atoms with Crippen molar-refractivity contribution in [2.24, 2.45) is 4.99 Å². The van der Waals surface area contributed by atoms with E-state index < -0.39 is 5.69 Å². The molecular formula is C7H7N3O2. The Bertz CT molecular complexity index is 466. The maximum absolute atomic E-state index is 11.1.